The largest absolute Gasteiger partial charge is 0.507 e. The van der Waals surface area contributed by atoms with Gasteiger partial charge in [0.05, 0.1) is 16.7 Å². The van der Waals surface area contributed by atoms with E-state index in [1.807, 2.05) is 0 Å². The molecule has 0 aliphatic heterocycles. The van der Waals surface area contributed by atoms with Crippen molar-refractivity contribution >= 4 is 40.2 Å². The van der Waals surface area contributed by atoms with Crippen molar-refractivity contribution in [1.29, 1.82) is 0 Å². The van der Waals surface area contributed by atoms with E-state index in [4.69, 9.17) is 11.6 Å². The summed E-state index contributed by atoms with van der Waals surface area (Å²) in [4.78, 5) is 19.2. The minimum absolute atomic E-state index is 0.0720. The molecule has 122 valence electrons. The Labute approximate surface area is 143 Å². The second-order valence-electron chi connectivity index (χ2n) is 4.58. The first kappa shape index (κ1) is 17.2. The summed E-state index contributed by atoms with van der Waals surface area (Å²) in [6.45, 7) is 5.89. The summed E-state index contributed by atoms with van der Waals surface area (Å²) >= 11 is 7.30. The Kier molecular flexibility index (Phi) is 5.95. The number of nitrogens with one attached hydrogen (secondary N) is 1. The van der Waals surface area contributed by atoms with Crippen LogP contribution in [0, 0.1) is 0 Å². The smallest absolute Gasteiger partial charge is 0.275 e. The summed E-state index contributed by atoms with van der Waals surface area (Å²) < 4.78 is 0. The molecule has 2 rings (SSSR count). The Hall–Kier alpha value is -2.12. The van der Waals surface area contributed by atoms with E-state index in [-0.39, 0.29) is 11.3 Å². The standard InChI is InChI=1S/C15H17ClN4O2S/c1-3-20(4-2)15-17-8-11(23-15)9-18-19-14(22)12-7-10(16)5-6-13(12)21/h5-9,21H,3-4H2,1-2H3,(H,19,22)/b18-9-. The topological polar surface area (TPSA) is 77.8 Å². The van der Waals surface area contributed by atoms with Crippen LogP contribution in [0.5, 0.6) is 5.75 Å². The summed E-state index contributed by atoms with van der Waals surface area (Å²) in [5, 5.41) is 14.8. The normalized spacial score (nSPS) is 10.9. The first-order chi connectivity index (χ1) is 11.0. The van der Waals surface area contributed by atoms with Gasteiger partial charge in [-0.05, 0) is 32.0 Å². The van der Waals surface area contributed by atoms with Crippen LogP contribution in [0.4, 0.5) is 5.13 Å². The third-order valence-corrected chi connectivity index (χ3v) is 4.33. The fourth-order valence-corrected chi connectivity index (χ4v) is 2.97. The van der Waals surface area contributed by atoms with Gasteiger partial charge in [-0.3, -0.25) is 4.79 Å². The fourth-order valence-electron chi connectivity index (χ4n) is 1.88. The molecule has 0 atom stereocenters. The number of hydrogen-bond acceptors (Lipinski definition) is 6. The van der Waals surface area contributed by atoms with Gasteiger partial charge in [0.2, 0.25) is 0 Å². The van der Waals surface area contributed by atoms with Crippen LogP contribution in [-0.2, 0) is 0 Å². The van der Waals surface area contributed by atoms with Crippen molar-refractivity contribution < 1.29 is 9.90 Å². The molecule has 1 aromatic heterocycles. The van der Waals surface area contributed by atoms with Gasteiger partial charge < -0.3 is 10.0 Å². The van der Waals surface area contributed by atoms with Crippen molar-refractivity contribution in [1.82, 2.24) is 10.4 Å². The number of anilines is 1. The first-order valence-corrected chi connectivity index (χ1v) is 8.27. The van der Waals surface area contributed by atoms with Gasteiger partial charge in [0, 0.05) is 24.3 Å². The van der Waals surface area contributed by atoms with E-state index in [1.54, 1.807) is 6.20 Å². The Balaban J connectivity index is 2.01. The van der Waals surface area contributed by atoms with Gasteiger partial charge in [-0.15, -0.1) is 0 Å². The van der Waals surface area contributed by atoms with Crippen LogP contribution in [0.1, 0.15) is 29.1 Å². The molecule has 1 heterocycles. The molecule has 0 spiro atoms. The van der Waals surface area contributed by atoms with Gasteiger partial charge in [0.15, 0.2) is 5.13 Å². The van der Waals surface area contributed by atoms with E-state index >= 15 is 0 Å². The number of hydrazone groups is 1. The highest BCUT2D eigenvalue weighted by atomic mass is 35.5. The lowest BCUT2D eigenvalue weighted by Gasteiger charge is -2.16. The number of carbonyl (C=O) groups is 1. The predicted molar refractivity (Wildman–Crippen MR) is 93.9 cm³/mol. The van der Waals surface area contributed by atoms with Crippen molar-refractivity contribution in [3.63, 3.8) is 0 Å². The maximum Gasteiger partial charge on any atom is 0.275 e. The summed E-state index contributed by atoms with van der Waals surface area (Å²) in [6.07, 6.45) is 3.22. The quantitative estimate of drug-likeness (QED) is 0.618. The summed E-state index contributed by atoms with van der Waals surface area (Å²) in [7, 11) is 0. The van der Waals surface area contributed by atoms with E-state index in [0.717, 1.165) is 23.1 Å². The van der Waals surface area contributed by atoms with E-state index < -0.39 is 5.91 Å². The SMILES string of the molecule is CCN(CC)c1ncc(/C=N\NC(=O)c2cc(Cl)ccc2O)s1. The predicted octanol–water partition coefficient (Wildman–Crippen LogP) is 3.11. The fraction of sp³-hybridized carbons (Fsp3) is 0.267. The third-order valence-electron chi connectivity index (χ3n) is 3.11. The maximum absolute atomic E-state index is 12.0. The number of aromatic nitrogens is 1. The van der Waals surface area contributed by atoms with Crippen molar-refractivity contribution in [3.8, 4) is 5.75 Å². The van der Waals surface area contributed by atoms with E-state index in [9.17, 15) is 9.90 Å². The molecule has 1 amide bonds. The van der Waals surface area contributed by atoms with E-state index in [1.165, 1.54) is 35.8 Å². The Bertz CT molecular complexity index is 713. The lowest BCUT2D eigenvalue weighted by Crippen LogP contribution is -2.21. The van der Waals surface area contributed by atoms with Crippen LogP contribution < -0.4 is 10.3 Å². The average molecular weight is 353 g/mol. The molecule has 8 heteroatoms. The van der Waals surface area contributed by atoms with Crippen LogP contribution in [0.3, 0.4) is 0 Å². The Morgan fingerprint density at radius 2 is 2.22 bits per heavy atom. The van der Waals surface area contributed by atoms with Crippen LogP contribution in [0.15, 0.2) is 29.5 Å². The number of amides is 1. The number of nitrogens with zero attached hydrogens (tertiary/aromatic N) is 3. The van der Waals surface area contributed by atoms with Gasteiger partial charge in [-0.2, -0.15) is 5.10 Å². The van der Waals surface area contributed by atoms with Crippen LogP contribution >= 0.6 is 22.9 Å². The highest BCUT2D eigenvalue weighted by Crippen LogP contribution is 2.22. The zero-order valence-electron chi connectivity index (χ0n) is 12.8. The number of halogens is 1. The monoisotopic (exact) mass is 352 g/mol. The minimum Gasteiger partial charge on any atom is -0.507 e. The Morgan fingerprint density at radius 3 is 2.91 bits per heavy atom. The summed E-state index contributed by atoms with van der Waals surface area (Å²) in [5.74, 6) is -0.682. The molecule has 1 aromatic carbocycles. The second-order valence-corrected chi connectivity index (χ2v) is 6.06. The average Bonchev–Trinajstić information content (AvgIpc) is 2.99. The van der Waals surface area contributed by atoms with Crippen molar-refractivity contribution in [2.75, 3.05) is 18.0 Å². The highest BCUT2D eigenvalue weighted by Gasteiger charge is 2.11. The molecule has 2 aromatic rings. The van der Waals surface area contributed by atoms with Gasteiger partial charge in [-0.1, -0.05) is 22.9 Å². The molecule has 2 N–H and O–H groups in total. The molecule has 0 fully saturated rings. The molecule has 6 nitrogen and oxygen atoms in total. The zero-order valence-corrected chi connectivity index (χ0v) is 14.4. The molecule has 0 aliphatic rings. The van der Waals surface area contributed by atoms with Crippen molar-refractivity contribution in [2.45, 2.75) is 13.8 Å². The number of thiazole rings is 1. The van der Waals surface area contributed by atoms with Crippen molar-refractivity contribution in [3.05, 3.63) is 39.9 Å². The van der Waals surface area contributed by atoms with Crippen molar-refractivity contribution in [2.24, 2.45) is 5.10 Å². The second kappa shape index (κ2) is 7.94. The summed E-state index contributed by atoms with van der Waals surface area (Å²) in [5.41, 5.74) is 2.43. The first-order valence-electron chi connectivity index (χ1n) is 7.07. The van der Waals surface area contributed by atoms with Gasteiger partial charge in [0.25, 0.3) is 5.91 Å². The molecule has 0 radical (unpaired) electrons. The number of phenols is 1. The lowest BCUT2D eigenvalue weighted by molar-refractivity contribution is 0.0952. The molecular formula is C15H17ClN4O2S. The molecule has 0 saturated heterocycles. The molecule has 0 unspecified atom stereocenters. The molecule has 0 aliphatic carbocycles. The lowest BCUT2D eigenvalue weighted by atomic mass is 10.2. The zero-order chi connectivity index (χ0) is 16.8. The maximum atomic E-state index is 12.0. The molecular weight excluding hydrogens is 336 g/mol. The number of aromatic hydroxyl groups is 1. The molecule has 0 bridgehead atoms. The van der Waals surface area contributed by atoms with Gasteiger partial charge >= 0.3 is 0 Å². The van der Waals surface area contributed by atoms with Crippen LogP contribution in [0.25, 0.3) is 0 Å². The molecule has 0 saturated carbocycles. The van der Waals surface area contributed by atoms with Gasteiger partial charge in [-0.25, -0.2) is 10.4 Å². The van der Waals surface area contributed by atoms with Crippen LogP contribution in [-0.4, -0.2) is 35.3 Å². The number of phenolic OH excluding ortho intramolecular Hbond substituents is 1. The van der Waals surface area contributed by atoms with E-state index in [0.29, 0.717) is 5.02 Å². The highest BCUT2D eigenvalue weighted by molar-refractivity contribution is 7.17. The number of hydrogen-bond donors (Lipinski definition) is 2. The van der Waals surface area contributed by atoms with E-state index in [2.05, 4.69) is 34.3 Å². The Morgan fingerprint density at radius 1 is 1.48 bits per heavy atom. The third kappa shape index (κ3) is 4.43. The summed E-state index contributed by atoms with van der Waals surface area (Å²) in [6, 6.07) is 4.25. The van der Waals surface area contributed by atoms with Gasteiger partial charge in [0.1, 0.15) is 5.75 Å². The number of benzene rings is 1. The molecule has 23 heavy (non-hydrogen) atoms. The van der Waals surface area contributed by atoms with Crippen LogP contribution in [0.2, 0.25) is 5.02 Å². The number of rotatable bonds is 6. The number of carbonyl (C=O) groups excluding carboxylic acids is 1. The minimum atomic E-state index is -0.533.